The Balaban J connectivity index is 1.41. The molecule has 5 nitrogen and oxygen atoms in total. The molecule has 28 heavy (non-hydrogen) atoms. The van der Waals surface area contributed by atoms with Crippen molar-refractivity contribution in [3.05, 3.63) is 46.6 Å². The van der Waals surface area contributed by atoms with Crippen LogP contribution < -0.4 is 10.6 Å². The van der Waals surface area contributed by atoms with Crippen molar-refractivity contribution in [2.75, 3.05) is 0 Å². The SMILES string of the molecule is N#Cc1ccc(-c2ccc(C[C@@H](C#N)NC(=O)[C@H]3N[C@@H]4CCC3C4)s2)cc1F. The molecule has 1 saturated carbocycles. The molecule has 4 atom stereocenters. The van der Waals surface area contributed by atoms with E-state index in [1.54, 1.807) is 6.07 Å². The first-order valence-electron chi connectivity index (χ1n) is 9.32. The number of carbonyl (C=O) groups excluding carboxylic acids is 1. The Morgan fingerprint density at radius 2 is 2.18 bits per heavy atom. The molecular weight excluding hydrogens is 375 g/mol. The van der Waals surface area contributed by atoms with Crippen molar-refractivity contribution in [3.63, 3.8) is 0 Å². The molecular formula is C21H19FN4OS. The lowest BCUT2D eigenvalue weighted by Crippen LogP contribution is -2.50. The molecule has 1 aliphatic heterocycles. The van der Waals surface area contributed by atoms with E-state index in [1.807, 2.05) is 18.2 Å². The number of carbonyl (C=O) groups is 1. The molecule has 2 heterocycles. The van der Waals surface area contributed by atoms with Crippen molar-refractivity contribution >= 4 is 17.2 Å². The molecule has 2 N–H and O–H groups in total. The van der Waals surface area contributed by atoms with Crippen LogP contribution in [0.2, 0.25) is 0 Å². The highest BCUT2D eigenvalue weighted by molar-refractivity contribution is 7.15. The van der Waals surface area contributed by atoms with Crippen molar-refractivity contribution in [3.8, 4) is 22.6 Å². The number of amides is 1. The second-order valence-corrected chi connectivity index (χ2v) is 8.55. The van der Waals surface area contributed by atoms with Gasteiger partial charge in [0.1, 0.15) is 17.9 Å². The number of nitrogens with zero attached hydrogens (tertiary/aromatic N) is 2. The van der Waals surface area contributed by atoms with Gasteiger partial charge in [-0.2, -0.15) is 10.5 Å². The maximum atomic E-state index is 13.8. The van der Waals surface area contributed by atoms with Gasteiger partial charge in [-0.25, -0.2) is 4.39 Å². The van der Waals surface area contributed by atoms with E-state index in [9.17, 15) is 14.4 Å². The highest BCUT2D eigenvalue weighted by atomic mass is 32.1. The van der Waals surface area contributed by atoms with E-state index in [0.717, 1.165) is 29.0 Å². The van der Waals surface area contributed by atoms with Crippen molar-refractivity contribution in [1.29, 1.82) is 10.5 Å². The number of hydrogen-bond donors (Lipinski definition) is 2. The number of rotatable bonds is 5. The van der Waals surface area contributed by atoms with Crippen LogP contribution in [0.4, 0.5) is 4.39 Å². The lowest BCUT2D eigenvalue weighted by atomic mass is 9.99. The maximum Gasteiger partial charge on any atom is 0.238 e. The molecule has 0 spiro atoms. The molecule has 1 saturated heterocycles. The van der Waals surface area contributed by atoms with Gasteiger partial charge in [0.05, 0.1) is 17.7 Å². The van der Waals surface area contributed by atoms with Crippen molar-refractivity contribution in [2.45, 2.75) is 43.8 Å². The van der Waals surface area contributed by atoms with Crippen LogP contribution in [0.1, 0.15) is 29.7 Å². The lowest BCUT2D eigenvalue weighted by molar-refractivity contribution is -0.124. The van der Waals surface area contributed by atoms with Gasteiger partial charge in [0.2, 0.25) is 5.91 Å². The number of halogens is 1. The minimum atomic E-state index is -0.599. The first-order chi connectivity index (χ1) is 13.6. The predicted octanol–water partition coefficient (Wildman–Crippen LogP) is 3.12. The Labute approximate surface area is 166 Å². The lowest BCUT2D eigenvalue weighted by Gasteiger charge is -2.23. The zero-order chi connectivity index (χ0) is 19.7. The molecule has 1 aliphatic carbocycles. The van der Waals surface area contributed by atoms with Crippen LogP contribution in [0, 0.1) is 34.4 Å². The summed E-state index contributed by atoms with van der Waals surface area (Å²) in [5.41, 5.74) is 0.707. The van der Waals surface area contributed by atoms with E-state index in [4.69, 9.17) is 5.26 Å². The zero-order valence-corrected chi connectivity index (χ0v) is 15.9. The van der Waals surface area contributed by atoms with Crippen molar-refractivity contribution < 1.29 is 9.18 Å². The third kappa shape index (κ3) is 3.64. The topological polar surface area (TPSA) is 88.7 Å². The Morgan fingerprint density at radius 1 is 1.32 bits per heavy atom. The summed E-state index contributed by atoms with van der Waals surface area (Å²) >= 11 is 1.46. The monoisotopic (exact) mass is 394 g/mol. The van der Waals surface area contributed by atoms with E-state index in [0.29, 0.717) is 23.9 Å². The highest BCUT2D eigenvalue weighted by Gasteiger charge is 2.43. The first kappa shape index (κ1) is 18.6. The number of fused-ring (bicyclic) bond motifs is 2. The van der Waals surface area contributed by atoms with Crippen LogP contribution in [-0.2, 0) is 11.2 Å². The molecule has 2 bridgehead atoms. The van der Waals surface area contributed by atoms with E-state index in [1.165, 1.54) is 23.5 Å². The summed E-state index contributed by atoms with van der Waals surface area (Å²) in [5, 5.41) is 24.5. The van der Waals surface area contributed by atoms with E-state index < -0.39 is 11.9 Å². The molecule has 7 heteroatoms. The fraction of sp³-hybridized carbons (Fsp3) is 0.381. The van der Waals surface area contributed by atoms with Gasteiger partial charge in [-0.1, -0.05) is 6.07 Å². The molecule has 142 valence electrons. The molecule has 1 aromatic carbocycles. The van der Waals surface area contributed by atoms with Crippen molar-refractivity contribution in [2.24, 2.45) is 5.92 Å². The zero-order valence-electron chi connectivity index (χ0n) is 15.1. The van der Waals surface area contributed by atoms with Crippen LogP contribution in [0.15, 0.2) is 30.3 Å². The number of hydrogen-bond acceptors (Lipinski definition) is 5. The molecule has 2 aromatic rings. The van der Waals surface area contributed by atoms with Gasteiger partial charge in [0.25, 0.3) is 0 Å². The van der Waals surface area contributed by atoms with E-state index in [-0.39, 0.29) is 17.5 Å². The quantitative estimate of drug-likeness (QED) is 0.816. The summed E-state index contributed by atoms with van der Waals surface area (Å²) < 4.78 is 13.8. The predicted molar refractivity (Wildman–Crippen MR) is 104 cm³/mol. The Kier molecular flexibility index (Phi) is 5.13. The van der Waals surface area contributed by atoms with Gasteiger partial charge in [-0.05, 0) is 55.0 Å². The molecule has 1 amide bonds. The summed E-state index contributed by atoms with van der Waals surface area (Å²) in [6.45, 7) is 0. The van der Waals surface area contributed by atoms with Crippen LogP contribution in [0.25, 0.3) is 10.4 Å². The summed E-state index contributed by atoms with van der Waals surface area (Å²) in [6, 6.07) is 11.9. The summed E-state index contributed by atoms with van der Waals surface area (Å²) in [5.74, 6) is -0.260. The Hall–Kier alpha value is -2.74. The van der Waals surface area contributed by atoms with Gasteiger partial charge in [0.15, 0.2) is 0 Å². The fourth-order valence-electron chi connectivity index (χ4n) is 4.14. The third-order valence-corrected chi connectivity index (χ3v) is 6.71. The molecule has 4 rings (SSSR count). The number of benzene rings is 1. The van der Waals surface area contributed by atoms with Gasteiger partial charge < -0.3 is 10.6 Å². The Bertz CT molecular complexity index is 989. The smallest absolute Gasteiger partial charge is 0.238 e. The maximum absolute atomic E-state index is 13.8. The second-order valence-electron chi connectivity index (χ2n) is 7.38. The second kappa shape index (κ2) is 7.71. The normalized spacial score (nSPS) is 23.8. The van der Waals surface area contributed by atoms with E-state index >= 15 is 0 Å². The highest BCUT2D eigenvalue weighted by Crippen LogP contribution is 2.35. The number of piperidine rings is 1. The largest absolute Gasteiger partial charge is 0.339 e. The molecule has 1 aromatic heterocycles. The van der Waals surface area contributed by atoms with Gasteiger partial charge in [-0.3, -0.25) is 4.79 Å². The summed E-state index contributed by atoms with van der Waals surface area (Å²) in [7, 11) is 0. The van der Waals surface area contributed by atoms with Gasteiger partial charge >= 0.3 is 0 Å². The minimum Gasteiger partial charge on any atom is -0.339 e. The average molecular weight is 394 g/mol. The number of nitrogens with one attached hydrogen (secondary N) is 2. The number of thiophene rings is 1. The molecule has 0 radical (unpaired) electrons. The van der Waals surface area contributed by atoms with Crippen LogP contribution in [0.5, 0.6) is 0 Å². The molecule has 2 aliphatic rings. The van der Waals surface area contributed by atoms with Crippen LogP contribution >= 0.6 is 11.3 Å². The first-order valence-corrected chi connectivity index (χ1v) is 10.1. The van der Waals surface area contributed by atoms with Crippen molar-refractivity contribution in [1.82, 2.24) is 10.6 Å². The standard InChI is InChI=1S/C21H19FN4OS/c22-18-8-12(1-2-14(18)10-23)19-6-5-17(28-19)9-16(11-24)26-21(27)20-13-3-4-15(7-13)25-20/h1-2,5-6,8,13,15-16,20,25H,3-4,7,9H2,(H,26,27)/t13?,15-,16+,20+/m1/s1. The molecule has 2 fully saturated rings. The fourth-order valence-corrected chi connectivity index (χ4v) is 5.19. The van der Waals surface area contributed by atoms with Crippen LogP contribution in [0.3, 0.4) is 0 Å². The third-order valence-electron chi connectivity index (χ3n) is 5.56. The van der Waals surface area contributed by atoms with Gasteiger partial charge in [-0.15, -0.1) is 11.3 Å². The minimum absolute atomic E-state index is 0.0158. The summed E-state index contributed by atoms with van der Waals surface area (Å²) in [4.78, 5) is 14.3. The van der Waals surface area contributed by atoms with Gasteiger partial charge in [0, 0.05) is 22.2 Å². The molecule has 1 unspecified atom stereocenters. The van der Waals surface area contributed by atoms with Crippen LogP contribution in [-0.4, -0.2) is 24.0 Å². The number of nitriles is 2. The summed E-state index contributed by atoms with van der Waals surface area (Å²) in [6.07, 6.45) is 3.66. The average Bonchev–Trinajstić information content (AvgIpc) is 3.44. The van der Waals surface area contributed by atoms with E-state index in [2.05, 4.69) is 16.7 Å². The Morgan fingerprint density at radius 3 is 2.82 bits per heavy atom.